The molecule has 0 aliphatic rings. The third kappa shape index (κ3) is 4.62. The summed E-state index contributed by atoms with van der Waals surface area (Å²) in [6, 6.07) is 0. The van der Waals surface area contributed by atoms with E-state index < -0.39 is 0 Å². The second-order valence-corrected chi connectivity index (χ2v) is 3.74. The van der Waals surface area contributed by atoms with E-state index in [-0.39, 0.29) is 11.7 Å². The number of ketones is 1. The molecular weight excluding hydrogens is 224 g/mol. The van der Waals surface area contributed by atoms with Crippen LogP contribution in [0.1, 0.15) is 31.5 Å². The summed E-state index contributed by atoms with van der Waals surface area (Å²) < 4.78 is 15.1. The average Bonchev–Trinajstić information content (AvgIpc) is 2.76. The van der Waals surface area contributed by atoms with Crippen LogP contribution in [0.5, 0.6) is 0 Å². The van der Waals surface area contributed by atoms with Gasteiger partial charge in [0.05, 0.1) is 25.7 Å². The zero-order chi connectivity index (χ0) is 12.7. The van der Waals surface area contributed by atoms with Crippen LogP contribution in [-0.4, -0.2) is 42.9 Å². The zero-order valence-electron chi connectivity index (χ0n) is 10.4. The van der Waals surface area contributed by atoms with E-state index in [4.69, 9.17) is 14.0 Å². The van der Waals surface area contributed by atoms with Gasteiger partial charge in [0.2, 0.25) is 5.89 Å². The summed E-state index contributed by atoms with van der Waals surface area (Å²) in [5.41, 5.74) is 0. The van der Waals surface area contributed by atoms with E-state index in [9.17, 15) is 4.79 Å². The highest BCUT2D eigenvalue weighted by molar-refractivity contribution is 5.81. The van der Waals surface area contributed by atoms with Crippen LogP contribution >= 0.6 is 0 Å². The molecule has 6 nitrogen and oxygen atoms in total. The number of hydrogen-bond donors (Lipinski definition) is 0. The molecule has 0 aromatic carbocycles. The number of methoxy groups -OCH3 is 1. The summed E-state index contributed by atoms with van der Waals surface area (Å²) in [6.07, 6.45) is 0.567. The van der Waals surface area contributed by atoms with E-state index in [0.717, 1.165) is 0 Å². The minimum Gasteiger partial charge on any atom is -0.382 e. The fourth-order valence-electron chi connectivity index (χ4n) is 1.13. The van der Waals surface area contributed by atoms with Crippen LogP contribution in [0.15, 0.2) is 4.52 Å². The highest BCUT2D eigenvalue weighted by Gasteiger charge is 2.17. The molecule has 1 atom stereocenters. The first-order chi connectivity index (χ1) is 8.15. The molecule has 96 valence electrons. The predicted octanol–water partition coefficient (Wildman–Crippen LogP) is 0.968. The van der Waals surface area contributed by atoms with Crippen LogP contribution in [0.25, 0.3) is 0 Å². The number of rotatable bonds is 8. The monoisotopic (exact) mass is 242 g/mol. The van der Waals surface area contributed by atoms with E-state index >= 15 is 0 Å². The maximum Gasteiger partial charge on any atom is 0.236 e. The van der Waals surface area contributed by atoms with Crippen molar-refractivity contribution in [2.24, 2.45) is 0 Å². The Morgan fingerprint density at radius 1 is 1.41 bits per heavy atom. The Morgan fingerprint density at radius 3 is 2.82 bits per heavy atom. The zero-order valence-corrected chi connectivity index (χ0v) is 10.4. The van der Waals surface area contributed by atoms with Crippen LogP contribution in [0.2, 0.25) is 0 Å². The van der Waals surface area contributed by atoms with Gasteiger partial charge in [-0.15, -0.1) is 0 Å². The van der Waals surface area contributed by atoms with E-state index in [2.05, 4.69) is 10.1 Å². The van der Waals surface area contributed by atoms with Gasteiger partial charge in [-0.3, -0.25) is 4.79 Å². The Hall–Kier alpha value is -1.27. The van der Waals surface area contributed by atoms with Crippen molar-refractivity contribution in [1.29, 1.82) is 0 Å². The SMILES string of the molecule is COCCOCCc1noc(C(C)C(C)=O)n1. The van der Waals surface area contributed by atoms with Crippen molar-refractivity contribution < 1.29 is 18.8 Å². The normalized spacial score (nSPS) is 12.6. The Bertz CT molecular complexity index is 351. The second kappa shape index (κ2) is 7.13. The molecule has 0 saturated carbocycles. The molecule has 0 amide bonds. The summed E-state index contributed by atoms with van der Waals surface area (Å²) in [5, 5.41) is 3.79. The second-order valence-electron chi connectivity index (χ2n) is 3.74. The van der Waals surface area contributed by atoms with E-state index in [1.807, 2.05) is 0 Å². The molecule has 17 heavy (non-hydrogen) atoms. The van der Waals surface area contributed by atoms with E-state index in [1.54, 1.807) is 14.0 Å². The molecule has 6 heteroatoms. The molecule has 0 fully saturated rings. The van der Waals surface area contributed by atoms with Crippen LogP contribution in [0.4, 0.5) is 0 Å². The van der Waals surface area contributed by atoms with Crippen molar-refractivity contribution in [3.8, 4) is 0 Å². The van der Waals surface area contributed by atoms with Crippen molar-refractivity contribution in [2.45, 2.75) is 26.2 Å². The lowest BCUT2D eigenvalue weighted by molar-refractivity contribution is -0.118. The first-order valence-electron chi connectivity index (χ1n) is 5.54. The van der Waals surface area contributed by atoms with Crippen LogP contribution in [0, 0.1) is 0 Å². The maximum absolute atomic E-state index is 11.1. The highest BCUT2D eigenvalue weighted by Crippen LogP contribution is 2.13. The number of hydrogen-bond acceptors (Lipinski definition) is 6. The fourth-order valence-corrected chi connectivity index (χ4v) is 1.13. The van der Waals surface area contributed by atoms with Gasteiger partial charge in [-0.2, -0.15) is 4.98 Å². The molecule has 0 radical (unpaired) electrons. The Labute approximate surface area is 100 Å². The van der Waals surface area contributed by atoms with Crippen LogP contribution in [-0.2, 0) is 20.7 Å². The standard InChI is InChI=1S/C11H18N2O4/c1-8(9(2)14)11-12-10(13-17-11)4-5-16-7-6-15-3/h8H,4-7H2,1-3H3. The molecule has 1 unspecified atom stereocenters. The number of ether oxygens (including phenoxy) is 2. The minimum absolute atomic E-state index is 0.0107. The van der Waals surface area contributed by atoms with Crippen LogP contribution in [0.3, 0.4) is 0 Å². The molecule has 1 aromatic heterocycles. The van der Waals surface area contributed by atoms with Gasteiger partial charge in [-0.25, -0.2) is 0 Å². The van der Waals surface area contributed by atoms with Gasteiger partial charge in [0, 0.05) is 13.5 Å². The van der Waals surface area contributed by atoms with Gasteiger partial charge < -0.3 is 14.0 Å². The molecule has 0 aliphatic heterocycles. The van der Waals surface area contributed by atoms with E-state index in [0.29, 0.717) is 38.0 Å². The van der Waals surface area contributed by atoms with Crippen molar-refractivity contribution in [2.75, 3.05) is 26.9 Å². The Kier molecular flexibility index (Phi) is 5.79. The topological polar surface area (TPSA) is 74.5 Å². The van der Waals surface area contributed by atoms with Crippen molar-refractivity contribution in [3.05, 3.63) is 11.7 Å². The van der Waals surface area contributed by atoms with Gasteiger partial charge in [-0.05, 0) is 13.8 Å². The smallest absolute Gasteiger partial charge is 0.236 e. The van der Waals surface area contributed by atoms with Gasteiger partial charge >= 0.3 is 0 Å². The summed E-state index contributed by atoms with van der Waals surface area (Å²) in [4.78, 5) is 15.3. The minimum atomic E-state index is -0.342. The van der Waals surface area contributed by atoms with Gasteiger partial charge in [0.1, 0.15) is 5.78 Å². The lowest BCUT2D eigenvalue weighted by Crippen LogP contribution is -2.07. The average molecular weight is 242 g/mol. The summed E-state index contributed by atoms with van der Waals surface area (Å²) in [7, 11) is 1.62. The van der Waals surface area contributed by atoms with Gasteiger partial charge in [0.15, 0.2) is 5.82 Å². The van der Waals surface area contributed by atoms with Crippen LogP contribution < -0.4 is 0 Å². The maximum atomic E-state index is 11.1. The quantitative estimate of drug-likeness (QED) is 0.632. The lowest BCUT2D eigenvalue weighted by Gasteiger charge is -2.00. The lowest BCUT2D eigenvalue weighted by atomic mass is 10.1. The predicted molar refractivity (Wildman–Crippen MR) is 59.8 cm³/mol. The molecule has 1 heterocycles. The molecule has 0 spiro atoms. The van der Waals surface area contributed by atoms with Crippen molar-refractivity contribution in [1.82, 2.24) is 10.1 Å². The largest absolute Gasteiger partial charge is 0.382 e. The molecule has 0 N–H and O–H groups in total. The number of aromatic nitrogens is 2. The third-order valence-electron chi connectivity index (χ3n) is 2.37. The fraction of sp³-hybridized carbons (Fsp3) is 0.727. The Morgan fingerprint density at radius 2 is 2.18 bits per heavy atom. The molecule has 0 bridgehead atoms. The molecule has 0 aliphatic carbocycles. The first-order valence-corrected chi connectivity index (χ1v) is 5.54. The third-order valence-corrected chi connectivity index (χ3v) is 2.37. The summed E-state index contributed by atoms with van der Waals surface area (Å²) >= 11 is 0. The van der Waals surface area contributed by atoms with Crippen molar-refractivity contribution in [3.63, 3.8) is 0 Å². The van der Waals surface area contributed by atoms with Gasteiger partial charge in [0.25, 0.3) is 0 Å². The number of Topliss-reactive ketones (excluding diaryl/α,β-unsaturated/α-hetero) is 1. The summed E-state index contributed by atoms with van der Waals surface area (Å²) in [5.74, 6) is 0.595. The molecule has 1 rings (SSSR count). The number of carbonyl (C=O) groups is 1. The summed E-state index contributed by atoms with van der Waals surface area (Å²) in [6.45, 7) is 4.87. The van der Waals surface area contributed by atoms with Gasteiger partial charge in [-0.1, -0.05) is 5.16 Å². The number of nitrogens with zero attached hydrogens (tertiary/aromatic N) is 2. The highest BCUT2D eigenvalue weighted by atomic mass is 16.5. The Balaban J connectivity index is 2.33. The van der Waals surface area contributed by atoms with Crippen molar-refractivity contribution >= 4 is 5.78 Å². The molecule has 1 aromatic rings. The van der Waals surface area contributed by atoms with E-state index in [1.165, 1.54) is 6.92 Å². The number of carbonyl (C=O) groups excluding carboxylic acids is 1. The molecule has 0 saturated heterocycles. The first kappa shape index (κ1) is 13.8. The molecular formula is C11H18N2O4.